The minimum Gasteiger partial charge on any atom is -0.493 e. The highest BCUT2D eigenvalue weighted by atomic mass is 32.2. The lowest BCUT2D eigenvalue weighted by molar-refractivity contribution is 0.103. The second-order valence-corrected chi connectivity index (χ2v) is 8.03. The first-order valence-corrected chi connectivity index (χ1v) is 9.83. The van der Waals surface area contributed by atoms with E-state index >= 15 is 0 Å². The van der Waals surface area contributed by atoms with Gasteiger partial charge in [0.2, 0.25) is 11.7 Å². The molecule has 0 fully saturated rings. The van der Waals surface area contributed by atoms with Crippen LogP contribution in [0.15, 0.2) is 17.0 Å². The molecular formula is C17H23N3O4S. The van der Waals surface area contributed by atoms with Crippen LogP contribution in [0.25, 0.3) is 0 Å². The standard InChI is InChI=1S/C17H23N3O4S/c1-6-9-18-15-10(2)12(7-8-13(15)25(5,23)24)16(21)14-11(3)19-20(4)17(14)22/h7-8,18,22H,6,9H2,1-5H3. The molecule has 8 heteroatoms. The van der Waals surface area contributed by atoms with E-state index in [1.807, 2.05) is 6.92 Å². The van der Waals surface area contributed by atoms with Crippen LogP contribution in [0.1, 0.15) is 40.5 Å². The number of aromatic hydroxyl groups is 1. The van der Waals surface area contributed by atoms with Gasteiger partial charge >= 0.3 is 0 Å². The van der Waals surface area contributed by atoms with Crippen LogP contribution in [0.3, 0.4) is 0 Å². The van der Waals surface area contributed by atoms with Gasteiger partial charge in [0.05, 0.1) is 16.3 Å². The van der Waals surface area contributed by atoms with Gasteiger partial charge in [0.1, 0.15) is 5.56 Å². The highest BCUT2D eigenvalue weighted by Gasteiger charge is 2.25. The molecule has 0 bridgehead atoms. The van der Waals surface area contributed by atoms with Crippen molar-refractivity contribution in [2.24, 2.45) is 7.05 Å². The normalized spacial score (nSPS) is 11.6. The van der Waals surface area contributed by atoms with Gasteiger partial charge in [-0.1, -0.05) is 6.92 Å². The lowest BCUT2D eigenvalue weighted by Crippen LogP contribution is -2.13. The van der Waals surface area contributed by atoms with Gasteiger partial charge < -0.3 is 10.4 Å². The van der Waals surface area contributed by atoms with Crippen molar-refractivity contribution in [1.29, 1.82) is 0 Å². The summed E-state index contributed by atoms with van der Waals surface area (Å²) in [5.41, 5.74) is 1.83. The van der Waals surface area contributed by atoms with E-state index < -0.39 is 9.84 Å². The number of hydrogen-bond donors (Lipinski definition) is 2. The summed E-state index contributed by atoms with van der Waals surface area (Å²) in [6, 6.07) is 2.91. The molecule has 1 heterocycles. The molecule has 0 saturated carbocycles. The summed E-state index contributed by atoms with van der Waals surface area (Å²) >= 11 is 0. The predicted molar refractivity (Wildman–Crippen MR) is 96.1 cm³/mol. The summed E-state index contributed by atoms with van der Waals surface area (Å²) in [4.78, 5) is 13.1. The number of aromatic nitrogens is 2. The van der Waals surface area contributed by atoms with Crippen molar-refractivity contribution in [2.75, 3.05) is 18.1 Å². The Morgan fingerprint density at radius 3 is 2.44 bits per heavy atom. The number of aryl methyl sites for hydroxylation is 2. The Kier molecular flexibility index (Phi) is 5.22. The van der Waals surface area contributed by atoms with Gasteiger partial charge in [0, 0.05) is 25.4 Å². The molecular weight excluding hydrogens is 342 g/mol. The highest BCUT2D eigenvalue weighted by Crippen LogP contribution is 2.31. The second-order valence-electron chi connectivity index (χ2n) is 6.05. The molecule has 0 spiro atoms. The zero-order valence-electron chi connectivity index (χ0n) is 15.0. The van der Waals surface area contributed by atoms with Crippen molar-refractivity contribution in [3.05, 3.63) is 34.5 Å². The third-order valence-electron chi connectivity index (χ3n) is 4.04. The van der Waals surface area contributed by atoms with Crippen LogP contribution in [0.2, 0.25) is 0 Å². The number of carbonyl (C=O) groups excluding carboxylic acids is 1. The van der Waals surface area contributed by atoms with Crippen molar-refractivity contribution < 1.29 is 18.3 Å². The fourth-order valence-electron chi connectivity index (χ4n) is 2.76. The lowest BCUT2D eigenvalue weighted by Gasteiger charge is -2.16. The Hall–Kier alpha value is -2.35. The van der Waals surface area contributed by atoms with Gasteiger partial charge in [-0.15, -0.1) is 0 Å². The van der Waals surface area contributed by atoms with E-state index in [0.717, 1.165) is 12.7 Å². The van der Waals surface area contributed by atoms with E-state index in [2.05, 4.69) is 10.4 Å². The van der Waals surface area contributed by atoms with Crippen LogP contribution in [0, 0.1) is 13.8 Å². The molecule has 2 aromatic rings. The van der Waals surface area contributed by atoms with Crippen LogP contribution in [0.5, 0.6) is 5.88 Å². The highest BCUT2D eigenvalue weighted by molar-refractivity contribution is 7.90. The fourth-order valence-corrected chi connectivity index (χ4v) is 3.67. The molecule has 7 nitrogen and oxygen atoms in total. The van der Waals surface area contributed by atoms with Gasteiger partial charge in [-0.05, 0) is 38.0 Å². The number of hydrogen-bond acceptors (Lipinski definition) is 6. The smallest absolute Gasteiger partial charge is 0.220 e. The summed E-state index contributed by atoms with van der Waals surface area (Å²) in [5.74, 6) is -0.600. The molecule has 0 aliphatic rings. The molecule has 0 aliphatic heterocycles. The van der Waals surface area contributed by atoms with Crippen molar-refractivity contribution in [1.82, 2.24) is 9.78 Å². The Labute approximate surface area is 147 Å². The first kappa shape index (κ1) is 19.0. The molecule has 0 amide bonds. The molecule has 25 heavy (non-hydrogen) atoms. The van der Waals surface area contributed by atoms with E-state index in [4.69, 9.17) is 0 Å². The molecule has 0 saturated heterocycles. The number of rotatable bonds is 6. The fraction of sp³-hybridized carbons (Fsp3) is 0.412. The largest absolute Gasteiger partial charge is 0.493 e. The molecule has 0 radical (unpaired) electrons. The SMILES string of the molecule is CCCNc1c(S(C)(=O)=O)ccc(C(=O)c2c(C)nn(C)c2O)c1C. The first-order valence-electron chi connectivity index (χ1n) is 7.94. The van der Waals surface area contributed by atoms with E-state index in [-0.39, 0.29) is 22.1 Å². The molecule has 0 atom stereocenters. The van der Waals surface area contributed by atoms with Crippen molar-refractivity contribution >= 4 is 21.3 Å². The van der Waals surface area contributed by atoms with Crippen LogP contribution >= 0.6 is 0 Å². The zero-order chi connectivity index (χ0) is 18.9. The Bertz CT molecular complexity index is 930. The Morgan fingerprint density at radius 2 is 1.96 bits per heavy atom. The molecule has 2 rings (SSSR count). The maximum absolute atomic E-state index is 12.9. The number of sulfone groups is 1. The summed E-state index contributed by atoms with van der Waals surface area (Å²) in [6.45, 7) is 5.89. The van der Waals surface area contributed by atoms with Crippen LogP contribution in [-0.2, 0) is 16.9 Å². The predicted octanol–water partition coefficient (Wildman–Crippen LogP) is 2.20. The van der Waals surface area contributed by atoms with Crippen molar-refractivity contribution in [3.8, 4) is 5.88 Å². The van der Waals surface area contributed by atoms with E-state index in [1.165, 1.54) is 16.8 Å². The molecule has 1 aromatic heterocycles. The lowest BCUT2D eigenvalue weighted by atomic mass is 9.98. The van der Waals surface area contributed by atoms with E-state index in [0.29, 0.717) is 29.1 Å². The number of carbonyl (C=O) groups is 1. The third-order valence-corrected chi connectivity index (χ3v) is 5.18. The number of nitrogens with zero attached hydrogens (tertiary/aromatic N) is 2. The maximum Gasteiger partial charge on any atom is 0.220 e. The summed E-state index contributed by atoms with van der Waals surface area (Å²) < 4.78 is 25.3. The molecule has 0 aliphatic carbocycles. The average Bonchev–Trinajstić information content (AvgIpc) is 2.77. The Morgan fingerprint density at radius 1 is 1.32 bits per heavy atom. The van der Waals surface area contributed by atoms with Gasteiger partial charge in [-0.25, -0.2) is 13.1 Å². The quantitative estimate of drug-likeness (QED) is 0.761. The third kappa shape index (κ3) is 3.53. The Balaban J connectivity index is 2.65. The van der Waals surface area contributed by atoms with Gasteiger partial charge in [-0.2, -0.15) is 5.10 Å². The molecule has 1 aromatic carbocycles. The van der Waals surface area contributed by atoms with E-state index in [1.54, 1.807) is 20.9 Å². The monoisotopic (exact) mass is 365 g/mol. The minimum atomic E-state index is -3.45. The summed E-state index contributed by atoms with van der Waals surface area (Å²) in [5, 5.41) is 17.3. The van der Waals surface area contributed by atoms with E-state index in [9.17, 15) is 18.3 Å². The second kappa shape index (κ2) is 6.87. The van der Waals surface area contributed by atoms with Crippen LogP contribution < -0.4 is 5.32 Å². The summed E-state index contributed by atoms with van der Waals surface area (Å²) in [6.07, 6.45) is 1.95. The van der Waals surface area contributed by atoms with Crippen LogP contribution in [-0.4, -0.2) is 41.9 Å². The van der Waals surface area contributed by atoms with Gasteiger partial charge in [0.25, 0.3) is 0 Å². The first-order chi connectivity index (χ1) is 11.6. The number of ketones is 1. The van der Waals surface area contributed by atoms with Crippen molar-refractivity contribution in [3.63, 3.8) is 0 Å². The topological polar surface area (TPSA) is 101 Å². The number of benzene rings is 1. The minimum absolute atomic E-state index is 0.124. The number of anilines is 1. The average molecular weight is 365 g/mol. The maximum atomic E-state index is 12.9. The van der Waals surface area contributed by atoms with Gasteiger partial charge in [0.15, 0.2) is 9.84 Å². The summed E-state index contributed by atoms with van der Waals surface area (Å²) in [7, 11) is -1.90. The molecule has 2 N–H and O–H groups in total. The van der Waals surface area contributed by atoms with Crippen LogP contribution in [0.4, 0.5) is 5.69 Å². The zero-order valence-corrected chi connectivity index (χ0v) is 15.9. The van der Waals surface area contributed by atoms with Crippen molar-refractivity contribution in [2.45, 2.75) is 32.1 Å². The number of nitrogens with one attached hydrogen (secondary N) is 1. The molecule has 136 valence electrons. The molecule has 0 unspecified atom stereocenters. The van der Waals surface area contributed by atoms with Gasteiger partial charge in [-0.3, -0.25) is 4.79 Å².